The molecule has 0 N–H and O–H groups in total. The minimum Gasteiger partial charge on any atom is -0.493 e. The van der Waals surface area contributed by atoms with Crippen LogP contribution in [0.1, 0.15) is 17.5 Å². The van der Waals surface area contributed by atoms with Gasteiger partial charge in [-0.3, -0.25) is 10.1 Å². The van der Waals surface area contributed by atoms with Gasteiger partial charge in [0.2, 0.25) is 0 Å². The van der Waals surface area contributed by atoms with Crippen LogP contribution in [0.15, 0.2) is 12.1 Å². The monoisotopic (exact) mass is 241 g/mol. The quantitative estimate of drug-likeness (QED) is 0.373. The number of nitro groups is 1. The fourth-order valence-electron chi connectivity index (χ4n) is 1.42. The third-order valence-electron chi connectivity index (χ3n) is 2.25. The standard InChI is InChI=1S/C11H15NO3S/c1-8-6-9(2)11(15-4-3-5-16)7-10(8)12(13)14/h6-7,16H,3-5H2,1-2H3. The number of benzene rings is 1. The Morgan fingerprint density at radius 3 is 2.62 bits per heavy atom. The highest BCUT2D eigenvalue weighted by Gasteiger charge is 2.14. The minimum absolute atomic E-state index is 0.103. The number of aryl methyl sites for hydroxylation is 2. The predicted octanol–water partition coefficient (Wildman–Crippen LogP) is 2.91. The van der Waals surface area contributed by atoms with Gasteiger partial charge in [-0.25, -0.2) is 0 Å². The van der Waals surface area contributed by atoms with E-state index in [1.807, 2.05) is 6.92 Å². The van der Waals surface area contributed by atoms with Crippen molar-refractivity contribution in [3.05, 3.63) is 33.4 Å². The summed E-state index contributed by atoms with van der Waals surface area (Å²) in [6, 6.07) is 3.26. The number of hydrogen-bond donors (Lipinski definition) is 1. The highest BCUT2D eigenvalue weighted by atomic mass is 32.1. The van der Waals surface area contributed by atoms with Crippen LogP contribution in [0.3, 0.4) is 0 Å². The first-order valence-electron chi connectivity index (χ1n) is 5.05. The molecule has 1 rings (SSSR count). The van der Waals surface area contributed by atoms with E-state index in [0.29, 0.717) is 17.9 Å². The molecular formula is C11H15NO3S. The van der Waals surface area contributed by atoms with Crippen molar-refractivity contribution in [3.8, 4) is 5.75 Å². The lowest BCUT2D eigenvalue weighted by atomic mass is 10.1. The molecule has 4 nitrogen and oxygen atoms in total. The maximum atomic E-state index is 10.8. The lowest BCUT2D eigenvalue weighted by Gasteiger charge is -2.09. The van der Waals surface area contributed by atoms with E-state index in [1.165, 1.54) is 6.07 Å². The van der Waals surface area contributed by atoms with Gasteiger partial charge in [0, 0.05) is 5.56 Å². The van der Waals surface area contributed by atoms with E-state index in [4.69, 9.17) is 4.74 Å². The van der Waals surface area contributed by atoms with E-state index in [1.54, 1.807) is 13.0 Å². The summed E-state index contributed by atoms with van der Waals surface area (Å²) in [5.74, 6) is 1.33. The van der Waals surface area contributed by atoms with Crippen molar-refractivity contribution < 1.29 is 9.66 Å². The first-order valence-corrected chi connectivity index (χ1v) is 5.68. The summed E-state index contributed by atoms with van der Waals surface area (Å²) in [5, 5.41) is 10.8. The molecule has 0 aliphatic heterocycles. The molecule has 0 fully saturated rings. The van der Waals surface area contributed by atoms with Gasteiger partial charge >= 0.3 is 0 Å². The molecule has 0 atom stereocenters. The normalized spacial score (nSPS) is 10.2. The van der Waals surface area contributed by atoms with E-state index in [9.17, 15) is 10.1 Å². The van der Waals surface area contributed by atoms with Crippen LogP contribution in [0.4, 0.5) is 5.69 Å². The average molecular weight is 241 g/mol. The third kappa shape index (κ3) is 3.13. The second-order valence-electron chi connectivity index (χ2n) is 3.59. The summed E-state index contributed by atoms with van der Waals surface area (Å²) in [6.45, 7) is 4.14. The van der Waals surface area contributed by atoms with Crippen molar-refractivity contribution in [1.82, 2.24) is 0 Å². The molecule has 16 heavy (non-hydrogen) atoms. The highest BCUT2D eigenvalue weighted by Crippen LogP contribution is 2.28. The number of hydrogen-bond acceptors (Lipinski definition) is 4. The molecule has 1 aromatic rings. The van der Waals surface area contributed by atoms with E-state index in [-0.39, 0.29) is 10.6 Å². The molecule has 0 bridgehead atoms. The van der Waals surface area contributed by atoms with Crippen molar-refractivity contribution in [1.29, 1.82) is 0 Å². The second kappa shape index (κ2) is 5.75. The summed E-state index contributed by atoms with van der Waals surface area (Å²) < 4.78 is 5.47. The molecule has 0 radical (unpaired) electrons. The maximum Gasteiger partial charge on any atom is 0.276 e. The Morgan fingerprint density at radius 1 is 1.38 bits per heavy atom. The van der Waals surface area contributed by atoms with Gasteiger partial charge < -0.3 is 4.74 Å². The average Bonchev–Trinajstić information content (AvgIpc) is 2.21. The van der Waals surface area contributed by atoms with Gasteiger partial charge in [0.15, 0.2) is 0 Å². The zero-order valence-corrected chi connectivity index (χ0v) is 10.3. The number of thiol groups is 1. The van der Waals surface area contributed by atoms with Gasteiger partial charge in [-0.2, -0.15) is 12.6 Å². The minimum atomic E-state index is -0.389. The first-order chi connectivity index (χ1) is 7.56. The Morgan fingerprint density at radius 2 is 2.06 bits per heavy atom. The van der Waals surface area contributed by atoms with Gasteiger partial charge in [0.05, 0.1) is 17.6 Å². The number of rotatable bonds is 5. The number of ether oxygens (including phenoxy) is 1. The van der Waals surface area contributed by atoms with Gasteiger partial charge in [-0.15, -0.1) is 0 Å². The topological polar surface area (TPSA) is 52.4 Å². The molecule has 88 valence electrons. The third-order valence-corrected chi connectivity index (χ3v) is 2.57. The molecule has 0 spiro atoms. The van der Waals surface area contributed by atoms with Crippen molar-refractivity contribution in [2.45, 2.75) is 20.3 Å². The van der Waals surface area contributed by atoms with Crippen LogP contribution >= 0.6 is 12.6 Å². The summed E-state index contributed by atoms with van der Waals surface area (Å²) in [6.07, 6.45) is 0.824. The molecule has 0 aliphatic carbocycles. The number of nitrogens with zero attached hydrogens (tertiary/aromatic N) is 1. The Bertz CT molecular complexity index is 393. The lowest BCUT2D eigenvalue weighted by Crippen LogP contribution is -2.01. The van der Waals surface area contributed by atoms with Crippen LogP contribution < -0.4 is 4.74 Å². The summed E-state index contributed by atoms with van der Waals surface area (Å²) >= 11 is 4.07. The van der Waals surface area contributed by atoms with Gasteiger partial charge in [-0.05, 0) is 37.7 Å². The van der Waals surface area contributed by atoms with Crippen LogP contribution in [0.5, 0.6) is 5.75 Å². The largest absolute Gasteiger partial charge is 0.493 e. The van der Waals surface area contributed by atoms with Crippen LogP contribution in [0.25, 0.3) is 0 Å². The Hall–Kier alpha value is -1.23. The molecule has 0 saturated carbocycles. The first kappa shape index (κ1) is 12.8. The summed E-state index contributed by atoms with van der Waals surface area (Å²) in [5.41, 5.74) is 1.68. The van der Waals surface area contributed by atoms with Gasteiger partial charge in [0.25, 0.3) is 5.69 Å². The maximum absolute atomic E-state index is 10.8. The summed E-state index contributed by atoms with van der Waals surface area (Å²) in [7, 11) is 0. The predicted molar refractivity (Wildman–Crippen MR) is 66.5 cm³/mol. The smallest absolute Gasteiger partial charge is 0.276 e. The second-order valence-corrected chi connectivity index (χ2v) is 4.03. The molecule has 1 aromatic carbocycles. The Labute approximate surface area is 100 Å². The Balaban J connectivity index is 2.91. The van der Waals surface area contributed by atoms with Crippen molar-refractivity contribution in [2.75, 3.05) is 12.4 Å². The Kier molecular flexibility index (Phi) is 4.61. The zero-order chi connectivity index (χ0) is 12.1. The molecule has 0 amide bonds. The van der Waals surface area contributed by atoms with Crippen LogP contribution in [0.2, 0.25) is 0 Å². The van der Waals surface area contributed by atoms with Crippen LogP contribution in [-0.2, 0) is 0 Å². The van der Waals surface area contributed by atoms with Crippen molar-refractivity contribution >= 4 is 18.3 Å². The van der Waals surface area contributed by atoms with Crippen molar-refractivity contribution in [2.24, 2.45) is 0 Å². The van der Waals surface area contributed by atoms with E-state index in [0.717, 1.165) is 17.7 Å². The van der Waals surface area contributed by atoms with E-state index >= 15 is 0 Å². The van der Waals surface area contributed by atoms with Crippen molar-refractivity contribution in [3.63, 3.8) is 0 Å². The fraction of sp³-hybridized carbons (Fsp3) is 0.455. The van der Waals surface area contributed by atoms with E-state index in [2.05, 4.69) is 12.6 Å². The van der Waals surface area contributed by atoms with Crippen LogP contribution in [-0.4, -0.2) is 17.3 Å². The molecule has 5 heteroatoms. The molecule has 0 aliphatic rings. The summed E-state index contributed by atoms with van der Waals surface area (Å²) in [4.78, 5) is 10.4. The SMILES string of the molecule is Cc1cc(C)c([N+](=O)[O-])cc1OCCCS. The van der Waals surface area contributed by atoms with Gasteiger partial charge in [-0.1, -0.05) is 0 Å². The van der Waals surface area contributed by atoms with E-state index < -0.39 is 0 Å². The zero-order valence-electron chi connectivity index (χ0n) is 9.40. The number of nitro benzene ring substituents is 1. The van der Waals surface area contributed by atoms with Crippen LogP contribution in [0, 0.1) is 24.0 Å². The lowest BCUT2D eigenvalue weighted by molar-refractivity contribution is -0.385. The molecule has 0 aromatic heterocycles. The molecule has 0 heterocycles. The fourth-order valence-corrected chi connectivity index (χ4v) is 1.55. The van der Waals surface area contributed by atoms with Gasteiger partial charge in [0.1, 0.15) is 5.75 Å². The molecular weight excluding hydrogens is 226 g/mol. The molecule has 0 saturated heterocycles. The molecule has 0 unspecified atom stereocenters. The highest BCUT2D eigenvalue weighted by molar-refractivity contribution is 7.80.